The maximum Gasteiger partial charge on any atom is 0.435 e. The van der Waals surface area contributed by atoms with Crippen LogP contribution in [0.5, 0.6) is 0 Å². The van der Waals surface area contributed by atoms with Gasteiger partial charge in [0.1, 0.15) is 5.60 Å². The number of H-pyrrole nitrogens is 1. The standard InChI is InChI=1S/C14H17N3O2.C9H9N3/c1-14(2,3)19-13(18)17-12(8-9-16-17)10-4-6-11(15)7-5-10;10-8-3-1-7(2-4-8)9-5-6-11-12-9/h4-9H,15H2,1-3H3;1-6H,10H2,(H,11,12). The van der Waals surface area contributed by atoms with Crippen LogP contribution in [0.1, 0.15) is 20.8 Å². The number of anilines is 2. The van der Waals surface area contributed by atoms with E-state index in [0.29, 0.717) is 11.4 Å². The number of benzene rings is 2. The Balaban J connectivity index is 0.000000194. The van der Waals surface area contributed by atoms with Crippen LogP contribution in [-0.4, -0.2) is 31.7 Å². The monoisotopic (exact) mass is 418 g/mol. The fraction of sp³-hybridized carbons (Fsp3) is 0.174. The zero-order valence-corrected chi connectivity index (χ0v) is 17.7. The first-order chi connectivity index (χ1) is 14.7. The molecule has 0 fully saturated rings. The van der Waals surface area contributed by atoms with Crippen molar-refractivity contribution in [2.45, 2.75) is 26.4 Å². The molecule has 8 heteroatoms. The molecule has 160 valence electrons. The normalized spacial score (nSPS) is 10.8. The fourth-order valence-corrected chi connectivity index (χ4v) is 2.71. The summed E-state index contributed by atoms with van der Waals surface area (Å²) in [5.41, 5.74) is 15.7. The van der Waals surface area contributed by atoms with Crippen molar-refractivity contribution in [1.29, 1.82) is 0 Å². The zero-order valence-electron chi connectivity index (χ0n) is 17.7. The lowest BCUT2D eigenvalue weighted by Crippen LogP contribution is -2.28. The van der Waals surface area contributed by atoms with Crippen LogP contribution in [0.15, 0.2) is 73.1 Å². The van der Waals surface area contributed by atoms with Crippen LogP contribution in [0.4, 0.5) is 16.2 Å². The van der Waals surface area contributed by atoms with Crippen molar-refractivity contribution in [1.82, 2.24) is 20.0 Å². The molecule has 0 atom stereocenters. The third kappa shape index (κ3) is 5.96. The predicted octanol–water partition coefficient (Wildman–Crippen LogP) is 4.57. The number of carbonyl (C=O) groups excluding carboxylic acids is 1. The summed E-state index contributed by atoms with van der Waals surface area (Å²) >= 11 is 0. The van der Waals surface area contributed by atoms with Crippen LogP contribution in [0.3, 0.4) is 0 Å². The Hall–Kier alpha value is -4.07. The molecule has 2 aromatic heterocycles. The summed E-state index contributed by atoms with van der Waals surface area (Å²) in [6, 6.07) is 18.6. The molecule has 8 nitrogen and oxygen atoms in total. The molecular weight excluding hydrogens is 392 g/mol. The molecular formula is C23H26N6O2. The number of rotatable bonds is 2. The number of nitrogens with one attached hydrogen (secondary N) is 1. The van der Waals surface area contributed by atoms with Crippen molar-refractivity contribution in [3.8, 4) is 22.5 Å². The Kier molecular flexibility index (Phi) is 6.40. The van der Waals surface area contributed by atoms with Crippen molar-refractivity contribution in [3.05, 3.63) is 73.1 Å². The van der Waals surface area contributed by atoms with Crippen LogP contribution in [0.25, 0.3) is 22.5 Å². The van der Waals surface area contributed by atoms with Crippen molar-refractivity contribution in [2.24, 2.45) is 0 Å². The minimum Gasteiger partial charge on any atom is -0.442 e. The van der Waals surface area contributed by atoms with Crippen molar-refractivity contribution in [2.75, 3.05) is 11.5 Å². The molecule has 0 saturated heterocycles. The fourth-order valence-electron chi connectivity index (χ4n) is 2.71. The first kappa shape index (κ1) is 21.6. The molecule has 2 aromatic carbocycles. The Morgan fingerprint density at radius 1 is 0.871 bits per heavy atom. The Labute approximate surface area is 180 Å². The molecule has 0 amide bonds. The maximum absolute atomic E-state index is 12.0. The third-order valence-electron chi connectivity index (χ3n) is 4.14. The molecule has 0 aliphatic rings. The second-order valence-electron chi connectivity index (χ2n) is 7.82. The van der Waals surface area contributed by atoms with Gasteiger partial charge in [-0.05, 0) is 62.7 Å². The number of aromatic nitrogens is 4. The highest BCUT2D eigenvalue weighted by Gasteiger charge is 2.20. The number of nitrogens with two attached hydrogens (primary N) is 2. The SMILES string of the molecule is CC(C)(C)OC(=O)n1nccc1-c1ccc(N)cc1.Nc1ccc(-c2ccn[nH]2)cc1. The number of nitrogen functional groups attached to an aromatic ring is 2. The molecule has 0 aliphatic carbocycles. The van der Waals surface area contributed by atoms with Crippen molar-refractivity contribution >= 4 is 17.5 Å². The van der Waals surface area contributed by atoms with Crippen molar-refractivity contribution in [3.63, 3.8) is 0 Å². The molecule has 0 aliphatic heterocycles. The van der Waals surface area contributed by atoms with E-state index in [-0.39, 0.29) is 0 Å². The average molecular weight is 419 g/mol. The van der Waals surface area contributed by atoms with Crippen LogP contribution < -0.4 is 11.5 Å². The van der Waals surface area contributed by atoms with Gasteiger partial charge in [-0.25, -0.2) is 4.79 Å². The van der Waals surface area contributed by atoms with E-state index in [9.17, 15) is 4.79 Å². The summed E-state index contributed by atoms with van der Waals surface area (Å²) in [5.74, 6) is 0. The summed E-state index contributed by atoms with van der Waals surface area (Å²) in [7, 11) is 0. The largest absolute Gasteiger partial charge is 0.442 e. The highest BCUT2D eigenvalue weighted by molar-refractivity contribution is 5.77. The number of carbonyl (C=O) groups is 1. The number of ether oxygens (including phenoxy) is 1. The Bertz CT molecular complexity index is 1110. The Morgan fingerprint density at radius 2 is 1.45 bits per heavy atom. The van der Waals surface area contributed by atoms with Gasteiger partial charge >= 0.3 is 6.09 Å². The zero-order chi connectivity index (χ0) is 22.4. The van der Waals surface area contributed by atoms with Crippen molar-refractivity contribution < 1.29 is 9.53 Å². The van der Waals surface area contributed by atoms with Gasteiger partial charge in [0.05, 0.1) is 17.6 Å². The number of nitrogens with zero attached hydrogens (tertiary/aromatic N) is 3. The lowest BCUT2D eigenvalue weighted by Gasteiger charge is -2.19. The van der Waals surface area contributed by atoms with E-state index >= 15 is 0 Å². The minimum absolute atomic E-state index is 0.496. The molecule has 0 saturated carbocycles. The number of hydrogen-bond donors (Lipinski definition) is 3. The molecule has 4 aromatic rings. The third-order valence-corrected chi connectivity index (χ3v) is 4.14. The van der Waals surface area contributed by atoms with E-state index in [4.69, 9.17) is 16.2 Å². The van der Waals surface area contributed by atoms with Gasteiger partial charge in [0, 0.05) is 23.1 Å². The van der Waals surface area contributed by atoms with E-state index < -0.39 is 11.7 Å². The summed E-state index contributed by atoms with van der Waals surface area (Å²) in [4.78, 5) is 12.0. The Morgan fingerprint density at radius 3 is 1.97 bits per heavy atom. The van der Waals surface area contributed by atoms with E-state index in [0.717, 1.165) is 22.5 Å². The lowest BCUT2D eigenvalue weighted by atomic mass is 10.1. The molecule has 0 radical (unpaired) electrons. The van der Waals surface area contributed by atoms with E-state index in [1.807, 2.05) is 63.2 Å². The van der Waals surface area contributed by atoms with Gasteiger partial charge in [-0.15, -0.1) is 0 Å². The molecule has 31 heavy (non-hydrogen) atoms. The minimum atomic E-state index is -0.554. The van der Waals surface area contributed by atoms with Gasteiger partial charge in [0.25, 0.3) is 0 Å². The molecule has 2 heterocycles. The molecule has 0 bridgehead atoms. The van der Waals surface area contributed by atoms with E-state index in [2.05, 4.69) is 15.3 Å². The second kappa shape index (κ2) is 9.17. The second-order valence-corrected chi connectivity index (χ2v) is 7.82. The molecule has 5 N–H and O–H groups in total. The van der Waals surface area contributed by atoms with Gasteiger partial charge in [-0.3, -0.25) is 5.10 Å². The summed E-state index contributed by atoms with van der Waals surface area (Å²) < 4.78 is 6.55. The van der Waals surface area contributed by atoms with Gasteiger partial charge in [0.15, 0.2) is 0 Å². The molecule has 0 unspecified atom stereocenters. The lowest BCUT2D eigenvalue weighted by molar-refractivity contribution is 0.0518. The van der Waals surface area contributed by atoms with Gasteiger partial charge in [-0.2, -0.15) is 14.9 Å². The highest BCUT2D eigenvalue weighted by atomic mass is 16.6. The van der Waals surface area contributed by atoms with Gasteiger partial charge in [0.2, 0.25) is 0 Å². The highest BCUT2D eigenvalue weighted by Crippen LogP contribution is 2.21. The smallest absolute Gasteiger partial charge is 0.435 e. The van der Waals surface area contributed by atoms with Crippen LogP contribution in [0, 0.1) is 0 Å². The summed E-state index contributed by atoms with van der Waals surface area (Å²) in [6.07, 6.45) is 2.80. The summed E-state index contributed by atoms with van der Waals surface area (Å²) in [6.45, 7) is 5.45. The predicted molar refractivity (Wildman–Crippen MR) is 122 cm³/mol. The maximum atomic E-state index is 12.0. The topological polar surface area (TPSA) is 125 Å². The van der Waals surface area contributed by atoms with Gasteiger partial charge < -0.3 is 16.2 Å². The van der Waals surface area contributed by atoms with Crippen LogP contribution in [0.2, 0.25) is 0 Å². The molecule has 4 rings (SSSR count). The first-order valence-corrected chi connectivity index (χ1v) is 9.71. The van der Waals surface area contributed by atoms with Crippen LogP contribution >= 0.6 is 0 Å². The van der Waals surface area contributed by atoms with Crippen LogP contribution in [-0.2, 0) is 4.74 Å². The molecule has 0 spiro atoms. The van der Waals surface area contributed by atoms with E-state index in [1.165, 1.54) is 4.68 Å². The summed E-state index contributed by atoms with van der Waals surface area (Å²) in [5, 5.41) is 10.8. The number of aromatic amines is 1. The average Bonchev–Trinajstić information content (AvgIpc) is 3.41. The van der Waals surface area contributed by atoms with Gasteiger partial charge in [-0.1, -0.05) is 24.3 Å². The first-order valence-electron chi connectivity index (χ1n) is 9.71. The number of hydrogen-bond acceptors (Lipinski definition) is 6. The van der Waals surface area contributed by atoms with E-state index in [1.54, 1.807) is 30.6 Å². The quantitative estimate of drug-likeness (QED) is 0.409.